The van der Waals surface area contributed by atoms with E-state index in [0.717, 1.165) is 0 Å². The van der Waals surface area contributed by atoms with Crippen molar-refractivity contribution in [3.05, 3.63) is 97.6 Å². The summed E-state index contributed by atoms with van der Waals surface area (Å²) in [4.78, 5) is 0. The van der Waals surface area contributed by atoms with E-state index < -0.39 is 7.26 Å². The summed E-state index contributed by atoms with van der Waals surface area (Å²) in [7, 11) is -1.61. The third-order valence-electron chi connectivity index (χ3n) is 5.44. The first-order chi connectivity index (χ1) is 14.4. The highest BCUT2D eigenvalue weighted by Gasteiger charge is 2.44. The highest BCUT2D eigenvalue weighted by molar-refractivity contribution is 7.95. The topological polar surface area (TPSA) is 23.8 Å². The molecule has 1 nitrogen and oxygen atoms in total. The van der Waals surface area contributed by atoms with Gasteiger partial charge >= 0.3 is 0 Å². The average molecular weight is 402 g/mol. The van der Waals surface area contributed by atoms with Gasteiger partial charge < -0.3 is 11.8 Å². The maximum atomic E-state index is 6.25. The van der Waals surface area contributed by atoms with Crippen LogP contribution in [0.15, 0.2) is 91.0 Å². The quantitative estimate of drug-likeness (QED) is 0.218. The molecular formula is C27H32NP. The van der Waals surface area contributed by atoms with Crippen molar-refractivity contribution in [2.75, 3.05) is 6.16 Å². The fourth-order valence-electron chi connectivity index (χ4n) is 4.01. The maximum Gasteiger partial charge on any atom is 0.112 e. The second-order valence-electron chi connectivity index (χ2n) is 7.31. The van der Waals surface area contributed by atoms with Gasteiger partial charge in [0.25, 0.3) is 0 Å². The largest absolute Gasteiger partial charge is 0.512 e. The summed E-state index contributed by atoms with van der Waals surface area (Å²) in [6.07, 6.45) is 9.34. The average Bonchev–Trinajstić information content (AvgIpc) is 2.82. The molecule has 3 aromatic rings. The van der Waals surface area contributed by atoms with Crippen LogP contribution in [0.5, 0.6) is 0 Å². The van der Waals surface area contributed by atoms with E-state index in [4.69, 9.17) is 11.8 Å². The van der Waals surface area contributed by atoms with Crippen LogP contribution in [0.25, 0.3) is 0 Å². The lowest BCUT2D eigenvalue weighted by atomic mass is 10.1. The molecule has 0 atom stereocenters. The summed E-state index contributed by atoms with van der Waals surface area (Å²) < 4.78 is 0. The van der Waals surface area contributed by atoms with E-state index >= 15 is 0 Å². The van der Waals surface area contributed by atoms with Gasteiger partial charge in [0.05, 0.1) is 6.16 Å². The lowest BCUT2D eigenvalue weighted by Crippen LogP contribution is -2.33. The second-order valence-corrected chi connectivity index (χ2v) is 10.9. The van der Waals surface area contributed by atoms with Gasteiger partial charge in [-0.05, 0) is 49.2 Å². The first kappa shape index (κ1) is 22.9. The Morgan fingerprint density at radius 3 is 1.28 bits per heavy atom. The van der Waals surface area contributed by atoms with Crippen molar-refractivity contribution in [1.29, 1.82) is 5.26 Å². The Balaban J connectivity index is 0.00000145. The minimum Gasteiger partial charge on any atom is -0.512 e. The van der Waals surface area contributed by atoms with Crippen LogP contribution in [0.3, 0.4) is 0 Å². The van der Waals surface area contributed by atoms with Gasteiger partial charge in [0, 0.05) is 0 Å². The first-order valence-electron chi connectivity index (χ1n) is 10.6. The van der Waals surface area contributed by atoms with Crippen LogP contribution in [0, 0.1) is 11.8 Å². The van der Waals surface area contributed by atoms with E-state index in [1.165, 1.54) is 60.6 Å². The zero-order valence-electron chi connectivity index (χ0n) is 17.5. The van der Waals surface area contributed by atoms with Gasteiger partial charge in [0.2, 0.25) is 0 Å². The molecule has 0 fully saturated rings. The van der Waals surface area contributed by atoms with Gasteiger partial charge in [-0.15, -0.1) is 0 Å². The zero-order chi connectivity index (χ0) is 20.8. The SMILES string of the molecule is CCCCCCCC[P+](c1ccccc1)(c1ccccc1)c1ccccc1.[C-]#N. The second kappa shape index (κ2) is 12.9. The van der Waals surface area contributed by atoms with Gasteiger partial charge in [-0.3, -0.25) is 0 Å². The highest BCUT2D eigenvalue weighted by Crippen LogP contribution is 2.55. The number of unbranched alkanes of at least 4 members (excludes halogenated alkanes) is 5. The monoisotopic (exact) mass is 401 g/mol. The van der Waals surface area contributed by atoms with Crippen molar-refractivity contribution >= 4 is 23.2 Å². The Morgan fingerprint density at radius 2 is 0.897 bits per heavy atom. The van der Waals surface area contributed by atoms with Crippen molar-refractivity contribution in [1.82, 2.24) is 0 Å². The van der Waals surface area contributed by atoms with Crippen molar-refractivity contribution in [2.45, 2.75) is 45.4 Å². The van der Waals surface area contributed by atoms with Crippen LogP contribution in [-0.4, -0.2) is 6.16 Å². The molecule has 0 radical (unpaired) electrons. The molecule has 0 heterocycles. The molecule has 3 rings (SSSR count). The van der Waals surface area contributed by atoms with Crippen LogP contribution in [0.1, 0.15) is 45.4 Å². The Hall–Kier alpha value is -2.42. The van der Waals surface area contributed by atoms with Gasteiger partial charge in [-0.1, -0.05) is 87.2 Å². The molecule has 2 heteroatoms. The van der Waals surface area contributed by atoms with Crippen molar-refractivity contribution in [2.24, 2.45) is 0 Å². The molecule has 0 spiro atoms. The molecule has 3 aromatic carbocycles. The number of hydrogen-bond donors (Lipinski definition) is 0. The summed E-state index contributed by atoms with van der Waals surface area (Å²) in [6.45, 7) is 7.04. The summed E-state index contributed by atoms with van der Waals surface area (Å²) in [6, 6.07) is 33.8. The highest BCUT2D eigenvalue weighted by atomic mass is 31.2. The minimum absolute atomic E-state index is 1.26. The molecule has 0 aliphatic heterocycles. The predicted molar refractivity (Wildman–Crippen MR) is 128 cm³/mol. The molecular weight excluding hydrogens is 369 g/mol. The summed E-state index contributed by atoms with van der Waals surface area (Å²) in [5.41, 5.74) is 0. The standard InChI is InChI=1S/C26H32P.CN/c1-2-3-4-5-6-16-23-27(24-17-10-7-11-18-24,25-19-12-8-13-20-25)26-21-14-9-15-22-26;1-2/h7-15,17-22H,2-6,16,23H2,1H3;/q+1;-1. The van der Waals surface area contributed by atoms with E-state index in [1.807, 2.05) is 0 Å². The summed E-state index contributed by atoms with van der Waals surface area (Å²) in [5, 5.41) is 10.8. The van der Waals surface area contributed by atoms with E-state index in [1.54, 1.807) is 0 Å². The van der Waals surface area contributed by atoms with Gasteiger partial charge in [-0.2, -0.15) is 0 Å². The molecule has 0 amide bonds. The third kappa shape index (κ3) is 6.03. The predicted octanol–water partition coefficient (Wildman–Crippen LogP) is 6.44. The molecule has 0 saturated carbocycles. The maximum absolute atomic E-state index is 6.25. The van der Waals surface area contributed by atoms with E-state index in [-0.39, 0.29) is 0 Å². The van der Waals surface area contributed by atoms with Crippen LogP contribution in [0.2, 0.25) is 0 Å². The molecule has 0 bridgehead atoms. The van der Waals surface area contributed by atoms with Crippen molar-refractivity contribution in [3.63, 3.8) is 0 Å². The molecule has 0 N–H and O–H groups in total. The molecule has 150 valence electrons. The van der Waals surface area contributed by atoms with Crippen LogP contribution in [0.4, 0.5) is 0 Å². The number of benzene rings is 3. The Bertz CT molecular complexity index is 716. The van der Waals surface area contributed by atoms with E-state index in [0.29, 0.717) is 0 Å². The number of nitrogens with zero attached hydrogens (tertiary/aromatic N) is 1. The zero-order valence-corrected chi connectivity index (χ0v) is 18.4. The number of rotatable bonds is 10. The van der Waals surface area contributed by atoms with Gasteiger partial charge in [-0.25, -0.2) is 0 Å². The fraction of sp³-hybridized carbons (Fsp3) is 0.296. The molecule has 0 aliphatic carbocycles. The van der Waals surface area contributed by atoms with Crippen LogP contribution in [-0.2, 0) is 0 Å². The fourth-order valence-corrected chi connectivity index (χ4v) is 8.42. The molecule has 29 heavy (non-hydrogen) atoms. The number of hydrogen-bond acceptors (Lipinski definition) is 1. The smallest absolute Gasteiger partial charge is 0.112 e. The van der Waals surface area contributed by atoms with Gasteiger partial charge in [0.15, 0.2) is 0 Å². The molecule has 0 aromatic heterocycles. The summed E-state index contributed by atoms with van der Waals surface area (Å²) >= 11 is 0. The first-order valence-corrected chi connectivity index (χ1v) is 12.6. The Kier molecular flexibility index (Phi) is 10.2. The van der Waals surface area contributed by atoms with Crippen LogP contribution < -0.4 is 15.9 Å². The normalized spacial score (nSPS) is 10.7. The molecule has 0 saturated heterocycles. The molecule has 0 unspecified atom stereocenters. The lowest BCUT2D eigenvalue weighted by Gasteiger charge is -2.27. The summed E-state index contributed by atoms with van der Waals surface area (Å²) in [5.74, 6) is 0. The Morgan fingerprint density at radius 1 is 0.552 bits per heavy atom. The van der Waals surface area contributed by atoms with Crippen LogP contribution >= 0.6 is 7.26 Å². The van der Waals surface area contributed by atoms with Crippen molar-refractivity contribution < 1.29 is 0 Å². The molecule has 0 aliphatic rings. The van der Waals surface area contributed by atoms with E-state index in [9.17, 15) is 0 Å². The third-order valence-corrected chi connectivity index (χ3v) is 9.96. The Labute approximate surface area is 177 Å². The van der Waals surface area contributed by atoms with Gasteiger partial charge in [0.1, 0.15) is 23.2 Å². The van der Waals surface area contributed by atoms with Crippen molar-refractivity contribution in [3.8, 4) is 0 Å². The minimum atomic E-state index is -1.61. The lowest BCUT2D eigenvalue weighted by molar-refractivity contribution is 0.626. The van der Waals surface area contributed by atoms with E-state index in [2.05, 4.69) is 97.9 Å².